The van der Waals surface area contributed by atoms with Gasteiger partial charge in [-0.2, -0.15) is 0 Å². The van der Waals surface area contributed by atoms with Gasteiger partial charge in [0, 0.05) is 23.0 Å². The van der Waals surface area contributed by atoms with Gasteiger partial charge in [-0.3, -0.25) is 9.59 Å². The minimum Gasteiger partial charge on any atom is -0.480 e. The molecule has 0 bridgehead atoms. The first-order valence-corrected chi connectivity index (χ1v) is 6.98. The van der Waals surface area contributed by atoms with Gasteiger partial charge in [-0.25, -0.2) is 0 Å². The predicted molar refractivity (Wildman–Crippen MR) is 78.8 cm³/mol. The second-order valence-corrected chi connectivity index (χ2v) is 5.40. The number of halogens is 3. The quantitative estimate of drug-likeness (QED) is 0.873. The van der Waals surface area contributed by atoms with Crippen LogP contribution in [0.15, 0.2) is 24.3 Å². The Hall–Kier alpha value is -2.71. The maximum absolute atomic E-state index is 12.4. The number of carboxylic acid groups (broad SMARTS) is 1. The Morgan fingerprint density at radius 2 is 1.96 bits per heavy atom. The zero-order chi connectivity index (χ0) is 18.1. The number of hydrogen-bond acceptors (Lipinski definition) is 3. The number of nitrogens with one attached hydrogen (secondary N) is 1. The molecule has 24 heavy (non-hydrogen) atoms. The van der Waals surface area contributed by atoms with E-state index in [1.807, 2.05) is 0 Å². The Morgan fingerprint density at radius 1 is 1.29 bits per heavy atom. The summed E-state index contributed by atoms with van der Waals surface area (Å²) in [5.74, 6) is -2.13. The number of carboxylic acids is 1. The van der Waals surface area contributed by atoms with E-state index in [4.69, 9.17) is 5.11 Å². The summed E-state index contributed by atoms with van der Waals surface area (Å²) >= 11 is 0. The van der Waals surface area contributed by atoms with Gasteiger partial charge in [0.2, 0.25) is 0 Å². The Labute approximate surface area is 134 Å². The molecule has 130 valence electrons. The predicted octanol–water partition coefficient (Wildman–Crippen LogP) is 3.00. The van der Waals surface area contributed by atoms with Crippen molar-refractivity contribution in [3.8, 4) is 5.75 Å². The first kappa shape index (κ1) is 17.6. The molecule has 2 N–H and O–H groups in total. The van der Waals surface area contributed by atoms with Crippen LogP contribution in [0.1, 0.15) is 24.3 Å². The van der Waals surface area contributed by atoms with E-state index in [1.54, 1.807) is 13.8 Å². The number of nitrogens with zero attached hydrogens (tertiary/aromatic N) is 1. The maximum Gasteiger partial charge on any atom is 0.573 e. The average molecular weight is 344 g/mol. The summed E-state index contributed by atoms with van der Waals surface area (Å²) in [7, 11) is 0. The van der Waals surface area contributed by atoms with Crippen LogP contribution in [0, 0.1) is 0 Å². The number of alkyl halides is 3. The van der Waals surface area contributed by atoms with Crippen molar-refractivity contribution in [1.82, 2.24) is 9.88 Å². The molecule has 6 nitrogen and oxygen atoms in total. The van der Waals surface area contributed by atoms with Gasteiger partial charge in [-0.1, -0.05) is 0 Å². The Bertz CT molecular complexity index is 768. The highest BCUT2D eigenvalue weighted by molar-refractivity contribution is 5.99. The third-order valence-corrected chi connectivity index (χ3v) is 3.25. The molecule has 1 aromatic carbocycles. The van der Waals surface area contributed by atoms with Crippen molar-refractivity contribution in [3.05, 3.63) is 30.0 Å². The fraction of sp³-hybridized carbons (Fsp3) is 0.333. The number of carbonyl (C=O) groups excluding carboxylic acids is 1. The lowest BCUT2D eigenvalue weighted by atomic mass is 10.2. The van der Waals surface area contributed by atoms with E-state index in [0.29, 0.717) is 5.39 Å². The van der Waals surface area contributed by atoms with E-state index in [-0.39, 0.29) is 17.3 Å². The number of aliphatic carboxylic acids is 1. The van der Waals surface area contributed by atoms with Crippen molar-refractivity contribution in [2.45, 2.75) is 26.3 Å². The highest BCUT2D eigenvalue weighted by Crippen LogP contribution is 2.27. The van der Waals surface area contributed by atoms with Crippen LogP contribution < -0.4 is 4.74 Å². The lowest BCUT2D eigenvalue weighted by Crippen LogP contribution is -2.40. The summed E-state index contributed by atoms with van der Waals surface area (Å²) < 4.78 is 40.6. The number of H-pyrrole nitrogens is 1. The molecule has 0 atom stereocenters. The van der Waals surface area contributed by atoms with E-state index >= 15 is 0 Å². The average Bonchev–Trinajstić information content (AvgIpc) is 2.84. The van der Waals surface area contributed by atoms with E-state index in [2.05, 4.69) is 9.72 Å². The molecule has 0 aliphatic rings. The number of aromatic nitrogens is 1. The molecule has 1 heterocycles. The molecule has 9 heteroatoms. The molecule has 0 aliphatic heterocycles. The van der Waals surface area contributed by atoms with Crippen molar-refractivity contribution < 1.29 is 32.6 Å². The van der Waals surface area contributed by atoms with E-state index < -0.39 is 30.5 Å². The fourth-order valence-electron chi connectivity index (χ4n) is 2.21. The van der Waals surface area contributed by atoms with Crippen LogP contribution in [0.3, 0.4) is 0 Å². The molecule has 0 spiro atoms. The molecule has 0 aliphatic carbocycles. The molecule has 1 amide bonds. The summed E-state index contributed by atoms with van der Waals surface area (Å²) in [6.07, 6.45) is -4.81. The molecular weight excluding hydrogens is 329 g/mol. The molecule has 2 rings (SSSR count). The smallest absolute Gasteiger partial charge is 0.480 e. The number of fused-ring (bicyclic) bond motifs is 1. The summed E-state index contributed by atoms with van der Waals surface area (Å²) in [5, 5.41) is 9.39. The molecule has 0 saturated heterocycles. The summed E-state index contributed by atoms with van der Waals surface area (Å²) in [6, 6.07) is 4.72. The van der Waals surface area contributed by atoms with Gasteiger partial charge in [0.15, 0.2) is 0 Å². The van der Waals surface area contributed by atoms with Crippen LogP contribution in [0.2, 0.25) is 0 Å². The molecule has 2 aromatic rings. The third-order valence-electron chi connectivity index (χ3n) is 3.25. The number of hydrogen-bond donors (Lipinski definition) is 2. The second kappa shape index (κ2) is 6.42. The highest BCUT2D eigenvalue weighted by Gasteiger charge is 2.31. The first-order chi connectivity index (χ1) is 11.1. The second-order valence-electron chi connectivity index (χ2n) is 5.40. The van der Waals surface area contributed by atoms with Crippen LogP contribution in [0.25, 0.3) is 10.9 Å². The van der Waals surface area contributed by atoms with Crippen LogP contribution in [0.4, 0.5) is 13.2 Å². The van der Waals surface area contributed by atoms with Crippen molar-refractivity contribution in [3.63, 3.8) is 0 Å². The molecule has 0 unspecified atom stereocenters. The van der Waals surface area contributed by atoms with Crippen molar-refractivity contribution >= 4 is 22.8 Å². The van der Waals surface area contributed by atoms with Gasteiger partial charge in [-0.05, 0) is 32.0 Å². The fourth-order valence-corrected chi connectivity index (χ4v) is 2.21. The van der Waals surface area contributed by atoms with Crippen molar-refractivity contribution in [2.75, 3.05) is 6.54 Å². The Kier molecular flexibility index (Phi) is 4.72. The van der Waals surface area contributed by atoms with E-state index in [1.165, 1.54) is 12.1 Å². The minimum atomic E-state index is -4.81. The van der Waals surface area contributed by atoms with Gasteiger partial charge < -0.3 is 19.7 Å². The van der Waals surface area contributed by atoms with Crippen LogP contribution >= 0.6 is 0 Å². The van der Waals surface area contributed by atoms with Gasteiger partial charge >= 0.3 is 12.3 Å². The number of rotatable bonds is 5. The monoisotopic (exact) mass is 344 g/mol. The van der Waals surface area contributed by atoms with Gasteiger partial charge in [0.1, 0.15) is 18.0 Å². The largest absolute Gasteiger partial charge is 0.573 e. The van der Waals surface area contributed by atoms with Gasteiger partial charge in [-0.15, -0.1) is 13.2 Å². The lowest BCUT2D eigenvalue weighted by Gasteiger charge is -2.24. The number of ether oxygens (including phenoxy) is 1. The van der Waals surface area contributed by atoms with Crippen LogP contribution in [-0.2, 0) is 4.79 Å². The molecular formula is C15H15F3N2O4. The lowest BCUT2D eigenvalue weighted by molar-refractivity contribution is -0.274. The summed E-state index contributed by atoms with van der Waals surface area (Å²) in [4.78, 5) is 27.1. The highest BCUT2D eigenvalue weighted by atomic mass is 19.4. The van der Waals surface area contributed by atoms with E-state index in [0.717, 1.165) is 17.0 Å². The molecule has 0 radical (unpaired) electrons. The number of carbonyl (C=O) groups is 2. The third kappa shape index (κ3) is 4.18. The zero-order valence-corrected chi connectivity index (χ0v) is 12.8. The zero-order valence-electron chi connectivity index (χ0n) is 12.8. The Morgan fingerprint density at radius 3 is 2.50 bits per heavy atom. The number of benzene rings is 1. The summed E-state index contributed by atoms with van der Waals surface area (Å²) in [6.45, 7) is 2.85. The normalized spacial score (nSPS) is 11.8. The van der Waals surface area contributed by atoms with Crippen LogP contribution in [0.5, 0.6) is 5.75 Å². The minimum absolute atomic E-state index is 0.0871. The summed E-state index contributed by atoms with van der Waals surface area (Å²) in [5.41, 5.74) is 0.364. The first-order valence-electron chi connectivity index (χ1n) is 6.98. The molecule has 0 saturated carbocycles. The van der Waals surface area contributed by atoms with E-state index in [9.17, 15) is 22.8 Å². The maximum atomic E-state index is 12.4. The molecule has 1 aromatic heterocycles. The molecule has 0 fully saturated rings. The standard InChI is InChI=1S/C15H15F3N2O4/c1-8(2)20(7-13(21)22)14(23)12-5-9-3-4-10(6-11(9)19-12)24-15(16,17)18/h3-6,8,19H,7H2,1-2H3,(H,21,22). The SMILES string of the molecule is CC(C)N(CC(=O)O)C(=O)c1cc2ccc(OC(F)(F)F)cc2[nH]1. The number of aromatic amines is 1. The number of amides is 1. The van der Waals surface area contributed by atoms with Gasteiger partial charge in [0.05, 0.1) is 0 Å². The van der Waals surface area contributed by atoms with Crippen molar-refractivity contribution in [1.29, 1.82) is 0 Å². The topological polar surface area (TPSA) is 82.6 Å². The Balaban J connectivity index is 2.32. The van der Waals surface area contributed by atoms with Crippen LogP contribution in [-0.4, -0.2) is 45.8 Å². The van der Waals surface area contributed by atoms with Crippen molar-refractivity contribution in [2.24, 2.45) is 0 Å². The van der Waals surface area contributed by atoms with Gasteiger partial charge in [0.25, 0.3) is 5.91 Å².